The van der Waals surface area contributed by atoms with Crippen LogP contribution in [0, 0.1) is 0 Å². The normalized spacial score (nSPS) is 18.5. The van der Waals surface area contributed by atoms with Gasteiger partial charge in [0, 0.05) is 47.6 Å². The molecular weight excluding hydrogens is 312 g/mol. The Morgan fingerprint density at radius 1 is 1.24 bits per heavy atom. The first-order valence-corrected chi connectivity index (χ1v) is 8.83. The number of para-hydroxylation sites is 1. The van der Waals surface area contributed by atoms with Crippen molar-refractivity contribution in [3.63, 3.8) is 0 Å². The van der Waals surface area contributed by atoms with Crippen molar-refractivity contribution < 1.29 is 4.79 Å². The van der Waals surface area contributed by atoms with Crippen LogP contribution < -0.4 is 0 Å². The Morgan fingerprint density at radius 3 is 2.92 bits per heavy atom. The number of rotatable bonds is 4. The van der Waals surface area contributed by atoms with Crippen molar-refractivity contribution in [1.29, 1.82) is 0 Å². The number of ketones is 1. The maximum absolute atomic E-state index is 12.9. The topological polar surface area (TPSA) is 51.0 Å². The van der Waals surface area contributed by atoms with Gasteiger partial charge in [-0.25, -0.2) is 4.98 Å². The minimum Gasteiger partial charge on any atom is -0.345 e. The van der Waals surface area contributed by atoms with E-state index < -0.39 is 0 Å². The second kappa shape index (κ2) is 6.76. The molecular formula is C20H22N4O. The van der Waals surface area contributed by atoms with Gasteiger partial charge in [0.1, 0.15) is 5.69 Å². The van der Waals surface area contributed by atoms with E-state index in [2.05, 4.69) is 32.5 Å². The second-order valence-corrected chi connectivity index (χ2v) is 6.76. The summed E-state index contributed by atoms with van der Waals surface area (Å²) in [5.41, 5.74) is 2.20. The van der Waals surface area contributed by atoms with E-state index in [0.717, 1.165) is 24.0 Å². The lowest BCUT2D eigenvalue weighted by Gasteiger charge is -2.32. The number of carbonyl (C=O) groups excluding carboxylic acids is 1. The zero-order chi connectivity index (χ0) is 17.2. The van der Waals surface area contributed by atoms with Gasteiger partial charge in [0.05, 0.1) is 6.20 Å². The number of carbonyl (C=O) groups is 1. The third kappa shape index (κ3) is 3.07. The highest BCUT2D eigenvalue weighted by molar-refractivity contribution is 6.15. The number of likely N-dealkylation sites (N-methyl/N-ethyl adjacent to an activating group) is 1. The van der Waals surface area contributed by atoms with Crippen molar-refractivity contribution in [2.45, 2.75) is 31.8 Å². The molecule has 1 fully saturated rings. The molecule has 1 unspecified atom stereocenters. The average Bonchev–Trinajstić information content (AvgIpc) is 3.02. The Hall–Kier alpha value is -2.53. The van der Waals surface area contributed by atoms with Crippen LogP contribution in [0.15, 0.2) is 49.1 Å². The summed E-state index contributed by atoms with van der Waals surface area (Å²) < 4.78 is 2.23. The zero-order valence-electron chi connectivity index (χ0n) is 14.4. The van der Waals surface area contributed by atoms with Gasteiger partial charge in [0.15, 0.2) is 0 Å². The van der Waals surface area contributed by atoms with Crippen molar-refractivity contribution in [3.8, 4) is 0 Å². The lowest BCUT2D eigenvalue weighted by Crippen LogP contribution is -2.39. The van der Waals surface area contributed by atoms with Crippen LogP contribution in [0.3, 0.4) is 0 Å². The molecule has 0 bridgehead atoms. The maximum atomic E-state index is 12.9. The maximum Gasteiger partial charge on any atom is 0.215 e. The molecule has 4 rings (SSSR count). The smallest absolute Gasteiger partial charge is 0.215 e. The van der Waals surface area contributed by atoms with E-state index in [4.69, 9.17) is 0 Å². The fourth-order valence-electron chi connectivity index (χ4n) is 3.73. The van der Waals surface area contributed by atoms with Gasteiger partial charge in [-0.15, -0.1) is 0 Å². The summed E-state index contributed by atoms with van der Waals surface area (Å²) in [6, 6.07) is 8.63. The molecule has 25 heavy (non-hydrogen) atoms. The molecule has 1 aliphatic heterocycles. The number of hydrogen-bond acceptors (Lipinski definition) is 4. The van der Waals surface area contributed by atoms with Crippen molar-refractivity contribution in [2.24, 2.45) is 0 Å². The summed E-state index contributed by atoms with van der Waals surface area (Å²) in [5, 5.41) is 0.983. The summed E-state index contributed by atoms with van der Waals surface area (Å²) in [6.45, 7) is 2.06. The van der Waals surface area contributed by atoms with E-state index >= 15 is 0 Å². The predicted octanol–water partition coefficient (Wildman–Crippen LogP) is 3.15. The summed E-state index contributed by atoms with van der Waals surface area (Å²) in [6.07, 6.45) is 10.4. The third-order valence-corrected chi connectivity index (χ3v) is 5.16. The van der Waals surface area contributed by atoms with E-state index in [1.54, 1.807) is 12.4 Å². The first-order valence-electron chi connectivity index (χ1n) is 8.83. The highest BCUT2D eigenvalue weighted by Crippen LogP contribution is 2.25. The van der Waals surface area contributed by atoms with Crippen molar-refractivity contribution in [1.82, 2.24) is 19.4 Å². The minimum absolute atomic E-state index is 0.0694. The van der Waals surface area contributed by atoms with E-state index in [-0.39, 0.29) is 5.78 Å². The van der Waals surface area contributed by atoms with Gasteiger partial charge in [-0.1, -0.05) is 24.6 Å². The van der Waals surface area contributed by atoms with Gasteiger partial charge >= 0.3 is 0 Å². The summed E-state index contributed by atoms with van der Waals surface area (Å²) >= 11 is 0. The van der Waals surface area contributed by atoms with Crippen LogP contribution in [-0.2, 0) is 6.54 Å². The fraction of sp³-hybridized carbons (Fsp3) is 0.350. The molecule has 1 aromatic carbocycles. The molecule has 3 heterocycles. The molecule has 0 saturated carbocycles. The highest BCUT2D eigenvalue weighted by Gasteiger charge is 2.22. The minimum atomic E-state index is -0.0694. The molecule has 0 radical (unpaired) electrons. The second-order valence-electron chi connectivity index (χ2n) is 6.76. The average molecular weight is 334 g/mol. The lowest BCUT2D eigenvalue weighted by atomic mass is 10.0. The Labute approximate surface area is 147 Å². The van der Waals surface area contributed by atoms with Crippen LogP contribution in [0.25, 0.3) is 10.9 Å². The molecule has 5 nitrogen and oxygen atoms in total. The molecule has 1 saturated heterocycles. The first kappa shape index (κ1) is 16.0. The van der Waals surface area contributed by atoms with Gasteiger partial charge in [0.2, 0.25) is 5.78 Å². The molecule has 5 heteroatoms. The molecule has 1 atom stereocenters. The van der Waals surface area contributed by atoms with Crippen molar-refractivity contribution in [3.05, 3.63) is 60.3 Å². The van der Waals surface area contributed by atoms with Gasteiger partial charge in [0.25, 0.3) is 0 Å². The van der Waals surface area contributed by atoms with Crippen LogP contribution in [0.5, 0.6) is 0 Å². The number of likely N-dealkylation sites (tertiary alicyclic amines) is 1. The van der Waals surface area contributed by atoms with Crippen LogP contribution >= 0.6 is 0 Å². The molecule has 1 aliphatic rings. The largest absolute Gasteiger partial charge is 0.345 e. The Kier molecular flexibility index (Phi) is 4.32. The van der Waals surface area contributed by atoms with Crippen LogP contribution in [0.2, 0.25) is 0 Å². The molecule has 0 spiro atoms. The molecule has 3 aromatic rings. The lowest BCUT2D eigenvalue weighted by molar-refractivity contribution is 0.103. The van der Waals surface area contributed by atoms with E-state index in [1.807, 2.05) is 24.4 Å². The molecule has 0 N–H and O–H groups in total. The van der Waals surface area contributed by atoms with Crippen LogP contribution in [-0.4, -0.2) is 44.9 Å². The number of hydrogen-bond donors (Lipinski definition) is 0. The van der Waals surface area contributed by atoms with Crippen molar-refractivity contribution in [2.75, 3.05) is 13.6 Å². The van der Waals surface area contributed by atoms with Crippen molar-refractivity contribution >= 4 is 16.7 Å². The number of piperidine rings is 1. The third-order valence-electron chi connectivity index (χ3n) is 5.16. The van der Waals surface area contributed by atoms with Gasteiger partial charge < -0.3 is 9.47 Å². The standard InChI is InChI=1S/C20H22N4O/c1-23-11-5-4-6-15(23)13-24-14-17(16-7-2-3-8-19(16)24)20(25)18-12-21-9-10-22-18/h2-3,7-10,12,14-15H,4-6,11,13H2,1H3. The molecule has 0 aliphatic carbocycles. The quantitative estimate of drug-likeness (QED) is 0.688. The number of nitrogens with zero attached hydrogens (tertiary/aromatic N) is 4. The first-order chi connectivity index (χ1) is 12.2. The van der Waals surface area contributed by atoms with Gasteiger partial charge in [-0.3, -0.25) is 9.78 Å². The monoisotopic (exact) mass is 334 g/mol. The summed E-state index contributed by atoms with van der Waals surface area (Å²) in [4.78, 5) is 23.5. The SMILES string of the molecule is CN1CCCCC1Cn1cc(C(=O)c2cnccn2)c2ccccc21. The highest BCUT2D eigenvalue weighted by atomic mass is 16.1. The number of aromatic nitrogens is 3. The van der Waals surface area contributed by atoms with Crippen LogP contribution in [0.1, 0.15) is 35.3 Å². The van der Waals surface area contributed by atoms with Gasteiger partial charge in [-0.05, 0) is 32.5 Å². The predicted molar refractivity (Wildman–Crippen MR) is 97.7 cm³/mol. The number of benzene rings is 1. The fourth-order valence-corrected chi connectivity index (χ4v) is 3.73. The Bertz CT molecular complexity index is 887. The molecule has 2 aromatic heterocycles. The summed E-state index contributed by atoms with van der Waals surface area (Å²) in [7, 11) is 2.20. The molecule has 0 amide bonds. The van der Waals surface area contributed by atoms with E-state index in [0.29, 0.717) is 17.3 Å². The van der Waals surface area contributed by atoms with E-state index in [9.17, 15) is 4.79 Å². The van der Waals surface area contributed by atoms with Gasteiger partial charge in [-0.2, -0.15) is 0 Å². The zero-order valence-corrected chi connectivity index (χ0v) is 14.4. The Balaban J connectivity index is 1.72. The van der Waals surface area contributed by atoms with Crippen LogP contribution in [0.4, 0.5) is 0 Å². The summed E-state index contributed by atoms with van der Waals surface area (Å²) in [5.74, 6) is -0.0694. The number of fused-ring (bicyclic) bond motifs is 1. The Morgan fingerprint density at radius 2 is 2.12 bits per heavy atom. The molecule has 128 valence electrons. The van der Waals surface area contributed by atoms with E-state index in [1.165, 1.54) is 25.5 Å².